The van der Waals surface area contributed by atoms with Crippen molar-refractivity contribution in [1.29, 1.82) is 0 Å². The van der Waals surface area contributed by atoms with Crippen molar-refractivity contribution in [2.24, 2.45) is 5.41 Å². The molecule has 0 saturated carbocycles. The zero-order valence-electron chi connectivity index (χ0n) is 16.4. The van der Waals surface area contributed by atoms with Crippen LogP contribution in [0.2, 0.25) is 0 Å². The summed E-state index contributed by atoms with van der Waals surface area (Å²) in [5.41, 5.74) is 3.91. The zero-order valence-corrected chi connectivity index (χ0v) is 17.2. The zero-order chi connectivity index (χ0) is 20.2. The third-order valence-corrected chi connectivity index (χ3v) is 6.47. The van der Waals surface area contributed by atoms with E-state index in [1.165, 1.54) is 12.1 Å². The summed E-state index contributed by atoms with van der Waals surface area (Å²) in [6.45, 7) is 4.28. The fourth-order valence-electron chi connectivity index (χ4n) is 4.87. The summed E-state index contributed by atoms with van der Waals surface area (Å²) < 4.78 is 4.50. The highest BCUT2D eigenvalue weighted by Crippen LogP contribution is 2.41. The summed E-state index contributed by atoms with van der Waals surface area (Å²) in [6.07, 6.45) is 1.69. The Bertz CT molecular complexity index is 1060. The van der Waals surface area contributed by atoms with Gasteiger partial charge in [0, 0.05) is 48.4 Å². The van der Waals surface area contributed by atoms with Gasteiger partial charge >= 0.3 is 6.16 Å². The van der Waals surface area contributed by atoms with Gasteiger partial charge in [-0.3, -0.25) is 4.79 Å². The van der Waals surface area contributed by atoms with Gasteiger partial charge in [-0.15, -0.1) is 12.4 Å². The summed E-state index contributed by atoms with van der Waals surface area (Å²) in [5, 5.41) is 22.7. The summed E-state index contributed by atoms with van der Waals surface area (Å²) in [6, 6.07) is 6.24. The number of halogens is 1. The predicted octanol–water partition coefficient (Wildman–Crippen LogP) is 2.51. The number of aryl methyl sites for hydroxylation is 1. The number of H-pyrrole nitrogens is 1. The molecule has 0 atom stereocenters. The van der Waals surface area contributed by atoms with Crippen molar-refractivity contribution in [3.8, 4) is 22.8 Å². The number of hydrogen-bond acceptors (Lipinski definition) is 6. The highest BCUT2D eigenvalue weighted by molar-refractivity contribution is 5.85. The number of ether oxygens (including phenoxy) is 1. The standard InChI is InChI=1S/C21H23N3O5.ClH/c25-17-15-3-1-2-12-8-13(24-7-6-21(11-24)9-22-10-21)4-5-14(12)16(15)23-19(26)18(17)29-20(27)28;/h4-5,8,22H,1-3,6-7,9-11H2,(H,27,28)(H2,23,25,26);1H. The Morgan fingerprint density at radius 2 is 2.03 bits per heavy atom. The minimum Gasteiger partial charge on any atom is -0.504 e. The Morgan fingerprint density at radius 1 is 1.23 bits per heavy atom. The summed E-state index contributed by atoms with van der Waals surface area (Å²) >= 11 is 0. The number of carbonyl (C=O) groups is 1. The Morgan fingerprint density at radius 3 is 2.70 bits per heavy atom. The van der Waals surface area contributed by atoms with E-state index in [1.54, 1.807) is 0 Å². The van der Waals surface area contributed by atoms with E-state index in [9.17, 15) is 14.7 Å². The molecule has 0 bridgehead atoms. The van der Waals surface area contributed by atoms with Crippen molar-refractivity contribution in [3.63, 3.8) is 0 Å². The number of aromatic nitrogens is 1. The van der Waals surface area contributed by atoms with E-state index in [4.69, 9.17) is 5.11 Å². The molecule has 4 N–H and O–H groups in total. The lowest BCUT2D eigenvalue weighted by Crippen LogP contribution is -2.54. The molecule has 2 saturated heterocycles. The summed E-state index contributed by atoms with van der Waals surface area (Å²) in [5.74, 6) is -0.949. The maximum absolute atomic E-state index is 12.3. The van der Waals surface area contributed by atoms with Gasteiger partial charge in [0.15, 0.2) is 5.75 Å². The van der Waals surface area contributed by atoms with Crippen LogP contribution in [0.15, 0.2) is 23.0 Å². The van der Waals surface area contributed by atoms with Crippen LogP contribution in [0.1, 0.15) is 24.0 Å². The number of pyridine rings is 1. The third kappa shape index (κ3) is 3.30. The van der Waals surface area contributed by atoms with Crippen molar-refractivity contribution < 1.29 is 19.7 Å². The van der Waals surface area contributed by atoms with Crippen LogP contribution in [0.4, 0.5) is 10.5 Å². The SMILES string of the molecule is Cl.O=C(O)Oc1c(O)c2c([nH]c1=O)-c1ccc(N3CCC4(CNC4)C3)cc1CCC2. The van der Waals surface area contributed by atoms with Crippen LogP contribution in [-0.2, 0) is 12.8 Å². The van der Waals surface area contributed by atoms with Crippen molar-refractivity contribution in [2.75, 3.05) is 31.1 Å². The quantitative estimate of drug-likeness (QED) is 0.538. The van der Waals surface area contributed by atoms with Crippen LogP contribution in [0.5, 0.6) is 11.5 Å². The lowest BCUT2D eigenvalue weighted by molar-refractivity contribution is 0.142. The molecular weight excluding hydrogens is 410 g/mol. The normalized spacial score (nSPS) is 18.6. The van der Waals surface area contributed by atoms with Gasteiger partial charge in [0.05, 0.1) is 5.69 Å². The number of benzene rings is 1. The number of hydrogen-bond donors (Lipinski definition) is 4. The second-order valence-electron chi connectivity index (χ2n) is 8.32. The van der Waals surface area contributed by atoms with E-state index in [0.717, 1.165) is 50.1 Å². The van der Waals surface area contributed by atoms with Crippen molar-refractivity contribution >= 4 is 24.2 Å². The van der Waals surface area contributed by atoms with Gasteiger partial charge in [0.25, 0.3) is 5.56 Å². The minimum absolute atomic E-state index is 0. The first-order chi connectivity index (χ1) is 14.0. The van der Waals surface area contributed by atoms with Crippen LogP contribution in [0.3, 0.4) is 0 Å². The Balaban J connectivity index is 0.00000218. The maximum Gasteiger partial charge on any atom is 0.511 e. The molecule has 3 heterocycles. The number of aromatic amines is 1. The molecular formula is C21H24ClN3O5. The highest BCUT2D eigenvalue weighted by Gasteiger charge is 2.43. The van der Waals surface area contributed by atoms with Gasteiger partial charge in [0.1, 0.15) is 0 Å². The second kappa shape index (κ2) is 7.52. The maximum atomic E-state index is 12.3. The number of nitrogens with one attached hydrogen (secondary N) is 2. The van der Waals surface area contributed by atoms with Crippen LogP contribution >= 0.6 is 12.4 Å². The first-order valence-electron chi connectivity index (χ1n) is 9.94. The first kappa shape index (κ1) is 20.6. The number of fused-ring (bicyclic) bond motifs is 3. The van der Waals surface area contributed by atoms with E-state index in [1.807, 2.05) is 6.07 Å². The van der Waals surface area contributed by atoms with Gasteiger partial charge in [0.2, 0.25) is 5.75 Å². The van der Waals surface area contributed by atoms with Crippen molar-refractivity contribution in [2.45, 2.75) is 25.7 Å². The molecule has 5 rings (SSSR count). The average molecular weight is 434 g/mol. The van der Waals surface area contributed by atoms with E-state index in [0.29, 0.717) is 23.1 Å². The highest BCUT2D eigenvalue weighted by atomic mass is 35.5. The van der Waals surface area contributed by atoms with Gasteiger partial charge < -0.3 is 30.2 Å². The van der Waals surface area contributed by atoms with E-state index < -0.39 is 17.5 Å². The lowest BCUT2D eigenvalue weighted by atomic mass is 9.81. The third-order valence-electron chi connectivity index (χ3n) is 6.47. The van der Waals surface area contributed by atoms with Gasteiger partial charge in [-0.1, -0.05) is 6.07 Å². The van der Waals surface area contributed by atoms with Crippen molar-refractivity contribution in [1.82, 2.24) is 10.3 Å². The molecule has 1 spiro atoms. The molecule has 1 aliphatic carbocycles. The van der Waals surface area contributed by atoms with E-state index >= 15 is 0 Å². The molecule has 9 heteroatoms. The molecule has 1 aromatic heterocycles. The van der Waals surface area contributed by atoms with Crippen LogP contribution < -0.4 is 20.5 Å². The number of aromatic hydroxyl groups is 1. The fraction of sp³-hybridized carbons (Fsp3) is 0.429. The molecule has 8 nitrogen and oxygen atoms in total. The average Bonchev–Trinajstić information content (AvgIpc) is 3.05. The Labute approximate surface area is 179 Å². The smallest absolute Gasteiger partial charge is 0.504 e. The lowest BCUT2D eigenvalue weighted by Gasteiger charge is -2.39. The largest absolute Gasteiger partial charge is 0.511 e. The Kier molecular flexibility index (Phi) is 5.15. The molecule has 0 unspecified atom stereocenters. The van der Waals surface area contributed by atoms with Gasteiger partial charge in [-0.2, -0.15) is 0 Å². The fourth-order valence-corrected chi connectivity index (χ4v) is 4.87. The predicted molar refractivity (Wildman–Crippen MR) is 114 cm³/mol. The van der Waals surface area contributed by atoms with E-state index in [2.05, 4.69) is 32.1 Å². The minimum atomic E-state index is -1.63. The molecule has 30 heavy (non-hydrogen) atoms. The van der Waals surface area contributed by atoms with Crippen LogP contribution in [-0.4, -0.2) is 47.5 Å². The number of nitrogens with zero attached hydrogens (tertiary/aromatic N) is 1. The summed E-state index contributed by atoms with van der Waals surface area (Å²) in [7, 11) is 0. The number of rotatable bonds is 2. The second-order valence-corrected chi connectivity index (χ2v) is 8.32. The topological polar surface area (TPSA) is 115 Å². The molecule has 160 valence electrons. The molecule has 2 aromatic rings. The molecule has 3 aliphatic rings. The van der Waals surface area contributed by atoms with Crippen LogP contribution in [0.25, 0.3) is 11.3 Å². The Hall–Kier alpha value is -2.71. The van der Waals surface area contributed by atoms with Crippen molar-refractivity contribution in [3.05, 3.63) is 39.7 Å². The number of anilines is 1. The molecule has 0 radical (unpaired) electrons. The first-order valence-corrected chi connectivity index (χ1v) is 9.94. The van der Waals surface area contributed by atoms with Gasteiger partial charge in [-0.25, -0.2) is 4.79 Å². The molecule has 2 aliphatic heterocycles. The summed E-state index contributed by atoms with van der Waals surface area (Å²) in [4.78, 5) is 28.3. The molecule has 2 fully saturated rings. The monoisotopic (exact) mass is 433 g/mol. The number of carboxylic acid groups (broad SMARTS) is 1. The molecule has 1 aromatic carbocycles. The van der Waals surface area contributed by atoms with Gasteiger partial charge in [-0.05, 0) is 43.4 Å². The molecule has 0 amide bonds. The van der Waals surface area contributed by atoms with Crippen LogP contribution in [0, 0.1) is 5.41 Å². The van der Waals surface area contributed by atoms with E-state index in [-0.39, 0.29) is 18.2 Å².